The molecule has 0 amide bonds. The molecule has 1 saturated carbocycles. The van der Waals surface area contributed by atoms with Gasteiger partial charge in [0, 0.05) is 0 Å². The second-order valence-electron chi connectivity index (χ2n) is 6.48. The molecular formula is C16H28O4. The van der Waals surface area contributed by atoms with Gasteiger partial charge in [-0.3, -0.25) is 9.59 Å². The summed E-state index contributed by atoms with van der Waals surface area (Å²) < 4.78 is 10.5. The first-order chi connectivity index (χ1) is 9.31. The zero-order valence-corrected chi connectivity index (χ0v) is 13.3. The van der Waals surface area contributed by atoms with Gasteiger partial charge in [0.15, 0.2) is 5.92 Å². The van der Waals surface area contributed by atoms with Gasteiger partial charge in [0.25, 0.3) is 0 Å². The molecular weight excluding hydrogens is 256 g/mol. The van der Waals surface area contributed by atoms with Crippen LogP contribution < -0.4 is 0 Å². The minimum absolute atomic E-state index is 0.0521. The molecule has 2 atom stereocenters. The van der Waals surface area contributed by atoms with Crippen LogP contribution >= 0.6 is 0 Å². The second-order valence-corrected chi connectivity index (χ2v) is 6.48. The van der Waals surface area contributed by atoms with Crippen LogP contribution in [0.15, 0.2) is 0 Å². The first-order valence-corrected chi connectivity index (χ1v) is 7.72. The van der Waals surface area contributed by atoms with Crippen LogP contribution in [0.3, 0.4) is 0 Å². The smallest absolute Gasteiger partial charge is 0.320 e. The van der Waals surface area contributed by atoms with Crippen LogP contribution in [-0.2, 0) is 19.1 Å². The Balaban J connectivity index is 2.82. The zero-order chi connectivity index (χ0) is 15.3. The van der Waals surface area contributed by atoms with Crippen molar-refractivity contribution in [1.29, 1.82) is 0 Å². The molecule has 116 valence electrons. The third kappa shape index (κ3) is 5.14. The fraction of sp³-hybridized carbons (Fsp3) is 0.875. The topological polar surface area (TPSA) is 52.6 Å². The van der Waals surface area contributed by atoms with Crippen LogP contribution in [0.1, 0.15) is 60.3 Å². The monoisotopic (exact) mass is 284 g/mol. The largest absolute Gasteiger partial charge is 0.462 e. The van der Waals surface area contributed by atoms with Gasteiger partial charge in [0.05, 0.1) is 12.2 Å². The van der Waals surface area contributed by atoms with Crippen LogP contribution in [0.4, 0.5) is 0 Å². The summed E-state index contributed by atoms with van der Waals surface area (Å²) in [6, 6.07) is 0. The van der Waals surface area contributed by atoms with E-state index < -0.39 is 17.9 Å². The highest BCUT2D eigenvalue weighted by Gasteiger charge is 2.39. The normalized spacial score (nSPS) is 23.2. The number of hydrogen-bond acceptors (Lipinski definition) is 4. The van der Waals surface area contributed by atoms with Crippen LogP contribution in [0, 0.1) is 17.8 Å². The Morgan fingerprint density at radius 2 is 1.45 bits per heavy atom. The van der Waals surface area contributed by atoms with Gasteiger partial charge in [-0.25, -0.2) is 0 Å². The molecule has 4 nitrogen and oxygen atoms in total. The highest BCUT2D eigenvalue weighted by molar-refractivity contribution is 5.95. The Morgan fingerprint density at radius 3 is 1.85 bits per heavy atom. The summed E-state index contributed by atoms with van der Waals surface area (Å²) in [4.78, 5) is 24.5. The lowest BCUT2D eigenvalue weighted by molar-refractivity contribution is -0.170. The standard InChI is InChI=1S/C16H28O4/c1-10(2)19-15(17)14(16(18)20-11(3)4)13-8-6-7-12(5)9-13/h10-14H,6-9H2,1-5H3. The number of hydrogen-bond donors (Lipinski definition) is 0. The quantitative estimate of drug-likeness (QED) is 0.574. The third-order valence-corrected chi connectivity index (χ3v) is 3.66. The van der Waals surface area contributed by atoms with E-state index in [9.17, 15) is 9.59 Å². The molecule has 0 radical (unpaired) electrons. The molecule has 1 aliphatic carbocycles. The Bertz CT molecular complexity index is 313. The molecule has 1 aliphatic rings. The summed E-state index contributed by atoms with van der Waals surface area (Å²) in [5, 5.41) is 0. The maximum atomic E-state index is 12.3. The van der Waals surface area contributed by atoms with E-state index in [1.165, 1.54) is 6.42 Å². The summed E-state index contributed by atoms with van der Waals surface area (Å²) in [6.07, 6.45) is 3.60. The third-order valence-electron chi connectivity index (χ3n) is 3.66. The number of esters is 2. The predicted octanol–water partition coefficient (Wildman–Crippen LogP) is 3.33. The van der Waals surface area contributed by atoms with Crippen molar-refractivity contribution >= 4 is 11.9 Å². The fourth-order valence-electron chi connectivity index (χ4n) is 2.88. The van der Waals surface area contributed by atoms with Gasteiger partial charge >= 0.3 is 11.9 Å². The van der Waals surface area contributed by atoms with Gasteiger partial charge in [-0.2, -0.15) is 0 Å². The van der Waals surface area contributed by atoms with Gasteiger partial charge in [-0.05, 0) is 52.4 Å². The SMILES string of the molecule is CC1CCCC(C(C(=O)OC(C)C)C(=O)OC(C)C)C1. The molecule has 0 aliphatic heterocycles. The zero-order valence-electron chi connectivity index (χ0n) is 13.3. The molecule has 1 rings (SSSR count). The predicted molar refractivity (Wildman–Crippen MR) is 77.1 cm³/mol. The molecule has 0 heterocycles. The van der Waals surface area contributed by atoms with E-state index >= 15 is 0 Å². The Kier molecular flexibility index (Phi) is 6.50. The van der Waals surface area contributed by atoms with Crippen molar-refractivity contribution in [3.8, 4) is 0 Å². The molecule has 0 spiro atoms. The number of ether oxygens (including phenoxy) is 2. The van der Waals surface area contributed by atoms with E-state index in [-0.39, 0.29) is 18.1 Å². The first kappa shape index (κ1) is 17.0. The molecule has 1 fully saturated rings. The number of carbonyl (C=O) groups excluding carboxylic acids is 2. The van der Waals surface area contributed by atoms with Crippen LogP contribution in [0.25, 0.3) is 0 Å². The second kappa shape index (κ2) is 7.65. The maximum Gasteiger partial charge on any atom is 0.320 e. The average Bonchev–Trinajstić information content (AvgIpc) is 2.26. The Hall–Kier alpha value is -1.06. The van der Waals surface area contributed by atoms with Crippen molar-refractivity contribution in [2.45, 2.75) is 72.5 Å². The lowest BCUT2D eigenvalue weighted by atomic mass is 9.75. The van der Waals surface area contributed by atoms with Gasteiger partial charge in [-0.15, -0.1) is 0 Å². The lowest BCUT2D eigenvalue weighted by Gasteiger charge is -2.31. The van der Waals surface area contributed by atoms with E-state index in [0.29, 0.717) is 5.92 Å². The molecule has 2 unspecified atom stereocenters. The summed E-state index contributed by atoms with van der Waals surface area (Å²) in [5.41, 5.74) is 0. The molecule has 0 N–H and O–H groups in total. The minimum Gasteiger partial charge on any atom is -0.462 e. The van der Waals surface area contributed by atoms with Crippen molar-refractivity contribution < 1.29 is 19.1 Å². The highest BCUT2D eigenvalue weighted by Crippen LogP contribution is 2.35. The van der Waals surface area contributed by atoms with Crippen molar-refractivity contribution in [1.82, 2.24) is 0 Å². The fourth-order valence-corrected chi connectivity index (χ4v) is 2.88. The van der Waals surface area contributed by atoms with Crippen molar-refractivity contribution in [2.24, 2.45) is 17.8 Å². The molecule has 20 heavy (non-hydrogen) atoms. The van der Waals surface area contributed by atoms with Gasteiger partial charge in [-0.1, -0.05) is 19.8 Å². The molecule has 0 bridgehead atoms. The molecule has 0 saturated heterocycles. The lowest BCUT2D eigenvalue weighted by Crippen LogP contribution is -2.38. The van der Waals surface area contributed by atoms with Gasteiger partial charge < -0.3 is 9.47 Å². The Morgan fingerprint density at radius 1 is 0.950 bits per heavy atom. The van der Waals surface area contributed by atoms with Crippen LogP contribution in [0.5, 0.6) is 0 Å². The van der Waals surface area contributed by atoms with Crippen molar-refractivity contribution in [3.05, 3.63) is 0 Å². The summed E-state index contributed by atoms with van der Waals surface area (Å²) in [6.45, 7) is 9.36. The number of carbonyl (C=O) groups is 2. The van der Waals surface area contributed by atoms with Crippen LogP contribution in [-0.4, -0.2) is 24.1 Å². The summed E-state index contributed by atoms with van der Waals surface area (Å²) in [5.74, 6) is -1.01. The summed E-state index contributed by atoms with van der Waals surface area (Å²) >= 11 is 0. The van der Waals surface area contributed by atoms with Crippen LogP contribution in [0.2, 0.25) is 0 Å². The average molecular weight is 284 g/mol. The maximum absolute atomic E-state index is 12.3. The minimum atomic E-state index is -0.762. The van der Waals surface area contributed by atoms with E-state index in [4.69, 9.17) is 9.47 Å². The highest BCUT2D eigenvalue weighted by atomic mass is 16.6. The summed E-state index contributed by atoms with van der Waals surface area (Å²) in [7, 11) is 0. The Labute approximate surface area is 122 Å². The number of rotatable bonds is 5. The van der Waals surface area contributed by atoms with E-state index in [1.807, 2.05) is 0 Å². The molecule has 0 aromatic carbocycles. The van der Waals surface area contributed by atoms with Crippen molar-refractivity contribution in [2.75, 3.05) is 0 Å². The molecule has 0 aromatic heterocycles. The van der Waals surface area contributed by atoms with E-state index in [1.54, 1.807) is 27.7 Å². The van der Waals surface area contributed by atoms with Crippen molar-refractivity contribution in [3.63, 3.8) is 0 Å². The van der Waals surface area contributed by atoms with Gasteiger partial charge in [0.1, 0.15) is 0 Å². The van der Waals surface area contributed by atoms with Gasteiger partial charge in [0.2, 0.25) is 0 Å². The van der Waals surface area contributed by atoms with E-state index in [0.717, 1.165) is 19.3 Å². The van der Waals surface area contributed by atoms with E-state index in [2.05, 4.69) is 6.92 Å². The molecule has 0 aromatic rings. The molecule has 4 heteroatoms. The first-order valence-electron chi connectivity index (χ1n) is 7.72.